The summed E-state index contributed by atoms with van der Waals surface area (Å²) in [6, 6.07) is 17.7. The zero-order valence-electron chi connectivity index (χ0n) is 15.4. The van der Waals surface area contributed by atoms with Gasteiger partial charge >= 0.3 is 5.97 Å². The standard InChI is InChI=1S/C20H18N2O5S2/c1-14(19(23)21-16-6-3-2-4-7-16)27-20(24)15-9-11-17(12-10-15)22-29(25,26)18-8-5-13-28-18/h2-14,22H,1H3,(H,21,23)/t14-/m0/s1. The number of nitrogens with one attached hydrogen (secondary N) is 2. The summed E-state index contributed by atoms with van der Waals surface area (Å²) in [5.41, 5.74) is 1.11. The molecule has 0 unspecified atom stereocenters. The van der Waals surface area contributed by atoms with Crippen LogP contribution in [0, 0.1) is 0 Å². The van der Waals surface area contributed by atoms with Crippen LogP contribution in [0.15, 0.2) is 76.3 Å². The van der Waals surface area contributed by atoms with Gasteiger partial charge in [0, 0.05) is 11.4 Å². The molecule has 0 saturated heterocycles. The molecule has 0 saturated carbocycles. The van der Waals surface area contributed by atoms with Crippen molar-refractivity contribution < 1.29 is 22.7 Å². The third-order valence-corrected chi connectivity index (χ3v) is 6.61. The Morgan fingerprint density at radius 2 is 1.62 bits per heavy atom. The average molecular weight is 431 g/mol. The molecule has 9 heteroatoms. The molecule has 1 aromatic heterocycles. The smallest absolute Gasteiger partial charge is 0.338 e. The Bertz CT molecular complexity index is 1080. The quantitative estimate of drug-likeness (QED) is 0.556. The number of carbonyl (C=O) groups is 2. The molecule has 1 amide bonds. The van der Waals surface area contributed by atoms with Crippen LogP contribution in [0.2, 0.25) is 0 Å². The predicted molar refractivity (Wildman–Crippen MR) is 112 cm³/mol. The fraction of sp³-hybridized carbons (Fsp3) is 0.100. The van der Waals surface area contributed by atoms with E-state index in [2.05, 4.69) is 10.0 Å². The Kier molecular flexibility index (Phi) is 6.30. The second-order valence-electron chi connectivity index (χ2n) is 6.02. The van der Waals surface area contributed by atoms with E-state index in [1.165, 1.54) is 37.3 Å². The van der Waals surface area contributed by atoms with Crippen molar-refractivity contribution in [1.82, 2.24) is 0 Å². The SMILES string of the molecule is C[C@H](OC(=O)c1ccc(NS(=O)(=O)c2cccs2)cc1)C(=O)Nc1ccccc1. The summed E-state index contributed by atoms with van der Waals surface area (Å²) in [5, 5.41) is 4.32. The van der Waals surface area contributed by atoms with Gasteiger partial charge in [-0.15, -0.1) is 11.3 Å². The molecule has 0 spiro atoms. The molecular weight excluding hydrogens is 412 g/mol. The number of amides is 1. The van der Waals surface area contributed by atoms with Crippen molar-refractivity contribution in [2.24, 2.45) is 0 Å². The summed E-state index contributed by atoms with van der Waals surface area (Å²) in [6.07, 6.45) is -1.00. The van der Waals surface area contributed by atoms with E-state index in [4.69, 9.17) is 4.74 Å². The maximum atomic E-state index is 12.3. The highest BCUT2D eigenvalue weighted by Gasteiger charge is 2.20. The normalized spacial score (nSPS) is 12.0. The van der Waals surface area contributed by atoms with Crippen LogP contribution in [0.5, 0.6) is 0 Å². The maximum Gasteiger partial charge on any atom is 0.338 e. The summed E-state index contributed by atoms with van der Waals surface area (Å²) in [4.78, 5) is 24.4. The molecule has 29 heavy (non-hydrogen) atoms. The largest absolute Gasteiger partial charge is 0.449 e. The second-order valence-corrected chi connectivity index (χ2v) is 8.87. The van der Waals surface area contributed by atoms with Gasteiger partial charge in [0.25, 0.3) is 15.9 Å². The summed E-state index contributed by atoms with van der Waals surface area (Å²) in [7, 11) is -3.66. The number of anilines is 2. The monoisotopic (exact) mass is 430 g/mol. The first kappa shape index (κ1) is 20.6. The first-order chi connectivity index (χ1) is 13.8. The van der Waals surface area contributed by atoms with Crippen LogP contribution in [0.25, 0.3) is 0 Å². The van der Waals surface area contributed by atoms with Gasteiger partial charge in [0.2, 0.25) is 0 Å². The van der Waals surface area contributed by atoms with Gasteiger partial charge in [-0.1, -0.05) is 24.3 Å². The van der Waals surface area contributed by atoms with Crippen molar-refractivity contribution in [3.05, 3.63) is 77.7 Å². The van der Waals surface area contributed by atoms with Gasteiger partial charge in [-0.05, 0) is 54.8 Å². The first-order valence-corrected chi connectivity index (χ1v) is 10.9. The van der Waals surface area contributed by atoms with Crippen LogP contribution in [0.4, 0.5) is 11.4 Å². The minimum atomic E-state index is -3.66. The third kappa shape index (κ3) is 5.43. The molecule has 0 aliphatic rings. The van der Waals surface area contributed by atoms with Crippen molar-refractivity contribution in [3.63, 3.8) is 0 Å². The molecule has 0 bridgehead atoms. The van der Waals surface area contributed by atoms with Crippen LogP contribution < -0.4 is 10.0 Å². The lowest BCUT2D eigenvalue weighted by Gasteiger charge is -2.14. The lowest BCUT2D eigenvalue weighted by molar-refractivity contribution is -0.123. The van der Waals surface area contributed by atoms with Gasteiger partial charge in [0.05, 0.1) is 5.56 Å². The molecule has 150 valence electrons. The number of sulfonamides is 1. The zero-order chi connectivity index (χ0) is 20.9. The van der Waals surface area contributed by atoms with E-state index >= 15 is 0 Å². The highest BCUT2D eigenvalue weighted by atomic mass is 32.2. The number of carbonyl (C=O) groups excluding carboxylic acids is 2. The predicted octanol–water partition coefficient (Wildman–Crippen LogP) is 3.73. The molecular formula is C20H18N2O5S2. The van der Waals surface area contributed by atoms with E-state index in [1.54, 1.807) is 35.7 Å². The molecule has 3 aromatic rings. The number of ether oxygens (including phenoxy) is 1. The van der Waals surface area contributed by atoms with Crippen molar-refractivity contribution in [2.75, 3.05) is 10.0 Å². The highest BCUT2D eigenvalue weighted by Crippen LogP contribution is 2.20. The lowest BCUT2D eigenvalue weighted by atomic mass is 10.2. The Morgan fingerprint density at radius 3 is 2.24 bits per heavy atom. The van der Waals surface area contributed by atoms with E-state index in [1.807, 2.05) is 6.07 Å². The maximum absolute atomic E-state index is 12.3. The third-order valence-electron chi connectivity index (χ3n) is 3.83. The van der Waals surface area contributed by atoms with Crippen LogP contribution in [0.1, 0.15) is 17.3 Å². The Morgan fingerprint density at radius 1 is 0.931 bits per heavy atom. The number of hydrogen-bond donors (Lipinski definition) is 2. The Labute approximate surface area is 172 Å². The van der Waals surface area contributed by atoms with Crippen molar-refractivity contribution >= 4 is 44.6 Å². The molecule has 7 nitrogen and oxygen atoms in total. The Hall–Kier alpha value is -3.17. The minimum absolute atomic E-state index is 0.194. The van der Waals surface area contributed by atoms with Gasteiger partial charge in [-0.25, -0.2) is 13.2 Å². The van der Waals surface area contributed by atoms with E-state index < -0.39 is 28.0 Å². The van der Waals surface area contributed by atoms with Gasteiger partial charge in [-0.2, -0.15) is 0 Å². The van der Waals surface area contributed by atoms with E-state index in [0.29, 0.717) is 11.4 Å². The fourth-order valence-electron chi connectivity index (χ4n) is 2.34. The second kappa shape index (κ2) is 8.89. The molecule has 1 heterocycles. The molecule has 0 fully saturated rings. The first-order valence-electron chi connectivity index (χ1n) is 8.58. The zero-order valence-corrected chi connectivity index (χ0v) is 17.0. The van der Waals surface area contributed by atoms with E-state index in [9.17, 15) is 18.0 Å². The van der Waals surface area contributed by atoms with Gasteiger partial charge in [0.1, 0.15) is 4.21 Å². The minimum Gasteiger partial charge on any atom is -0.449 e. The number of hydrogen-bond acceptors (Lipinski definition) is 6. The van der Waals surface area contributed by atoms with Crippen LogP contribution in [-0.4, -0.2) is 26.4 Å². The molecule has 0 radical (unpaired) electrons. The molecule has 3 rings (SSSR count). The lowest BCUT2D eigenvalue weighted by Crippen LogP contribution is -2.30. The number of para-hydroxylation sites is 1. The fourth-order valence-corrected chi connectivity index (χ4v) is 4.40. The topological polar surface area (TPSA) is 102 Å². The van der Waals surface area contributed by atoms with Crippen molar-refractivity contribution in [2.45, 2.75) is 17.2 Å². The average Bonchev–Trinajstić information content (AvgIpc) is 3.25. The van der Waals surface area contributed by atoms with Crippen LogP contribution in [0.3, 0.4) is 0 Å². The van der Waals surface area contributed by atoms with Gasteiger partial charge in [0.15, 0.2) is 6.10 Å². The summed E-state index contributed by atoms with van der Waals surface area (Å²) < 4.78 is 32.2. The van der Waals surface area contributed by atoms with E-state index in [0.717, 1.165) is 11.3 Å². The van der Waals surface area contributed by atoms with Crippen molar-refractivity contribution in [3.8, 4) is 0 Å². The molecule has 0 aliphatic heterocycles. The van der Waals surface area contributed by atoms with Gasteiger partial charge in [-0.3, -0.25) is 9.52 Å². The summed E-state index contributed by atoms with van der Waals surface area (Å²) >= 11 is 1.10. The number of benzene rings is 2. The molecule has 2 N–H and O–H groups in total. The number of thiophene rings is 1. The van der Waals surface area contributed by atoms with Crippen molar-refractivity contribution in [1.29, 1.82) is 0 Å². The molecule has 2 aromatic carbocycles. The summed E-state index contributed by atoms with van der Waals surface area (Å²) in [5.74, 6) is -1.14. The van der Waals surface area contributed by atoms with Crippen LogP contribution >= 0.6 is 11.3 Å². The molecule has 0 aliphatic carbocycles. The summed E-state index contributed by atoms with van der Waals surface area (Å²) in [6.45, 7) is 1.47. The number of esters is 1. The number of rotatable bonds is 7. The highest BCUT2D eigenvalue weighted by molar-refractivity contribution is 7.94. The molecule has 1 atom stereocenters. The Balaban J connectivity index is 1.59. The van der Waals surface area contributed by atoms with Gasteiger partial charge < -0.3 is 10.1 Å². The van der Waals surface area contributed by atoms with Crippen LogP contribution in [-0.2, 0) is 19.6 Å². The van der Waals surface area contributed by atoms with E-state index in [-0.39, 0.29) is 9.77 Å².